The molecule has 1 saturated heterocycles. The van der Waals surface area contributed by atoms with Gasteiger partial charge < -0.3 is 10.7 Å². The zero-order valence-electron chi connectivity index (χ0n) is 16.7. The minimum Gasteiger partial charge on any atom is -0.368 e. The predicted molar refractivity (Wildman–Crippen MR) is 117 cm³/mol. The van der Waals surface area contributed by atoms with Crippen molar-refractivity contribution in [2.75, 3.05) is 12.3 Å². The standard InChI is InChI=1S/C24H24FN5/c25-19-7-5-17(6-8-19)20-14-28-24(26)29-23(20)22-3-1-2-12-30(22)15-16-4-9-21-18(13-16)10-11-27-21/h4-11,13-14,22,27H,1-3,12,15H2,(H2,26,28,29)/t22-/m0/s1. The van der Waals surface area contributed by atoms with E-state index in [0.29, 0.717) is 0 Å². The number of aromatic amines is 1. The van der Waals surface area contributed by atoms with Gasteiger partial charge >= 0.3 is 0 Å². The van der Waals surface area contributed by atoms with Gasteiger partial charge in [-0.2, -0.15) is 0 Å². The van der Waals surface area contributed by atoms with E-state index in [4.69, 9.17) is 5.73 Å². The molecule has 1 aliphatic rings. The molecule has 0 amide bonds. The van der Waals surface area contributed by atoms with Crippen LogP contribution in [-0.4, -0.2) is 26.4 Å². The Morgan fingerprint density at radius 1 is 1.10 bits per heavy atom. The molecular formula is C24H24FN5. The van der Waals surface area contributed by atoms with E-state index in [-0.39, 0.29) is 17.8 Å². The van der Waals surface area contributed by atoms with Crippen LogP contribution >= 0.6 is 0 Å². The minimum absolute atomic E-state index is 0.144. The first kappa shape index (κ1) is 18.8. The van der Waals surface area contributed by atoms with Crippen LogP contribution in [-0.2, 0) is 6.54 Å². The maximum absolute atomic E-state index is 13.5. The molecule has 6 heteroatoms. The Hall–Kier alpha value is -3.25. The molecule has 4 aromatic rings. The van der Waals surface area contributed by atoms with Crippen LogP contribution in [0.4, 0.5) is 10.3 Å². The number of aromatic nitrogens is 3. The number of nitrogens with two attached hydrogens (primary N) is 1. The second-order valence-corrected chi connectivity index (χ2v) is 7.92. The summed E-state index contributed by atoms with van der Waals surface area (Å²) in [7, 11) is 0. The Morgan fingerprint density at radius 2 is 1.97 bits per heavy atom. The fourth-order valence-corrected chi connectivity index (χ4v) is 4.44. The molecule has 3 heterocycles. The van der Waals surface area contributed by atoms with Gasteiger partial charge in [-0.05, 0) is 66.2 Å². The van der Waals surface area contributed by atoms with Crippen molar-refractivity contribution in [1.29, 1.82) is 0 Å². The van der Waals surface area contributed by atoms with Crippen molar-refractivity contribution in [2.24, 2.45) is 0 Å². The average Bonchev–Trinajstić information content (AvgIpc) is 3.23. The first-order valence-electron chi connectivity index (χ1n) is 10.4. The highest BCUT2D eigenvalue weighted by molar-refractivity contribution is 5.79. The van der Waals surface area contributed by atoms with Gasteiger partial charge in [0.15, 0.2) is 0 Å². The number of nitrogens with one attached hydrogen (secondary N) is 1. The number of likely N-dealkylation sites (tertiary alicyclic amines) is 1. The fraction of sp³-hybridized carbons (Fsp3) is 0.250. The largest absolute Gasteiger partial charge is 0.368 e. The molecular weight excluding hydrogens is 377 g/mol. The van der Waals surface area contributed by atoms with E-state index >= 15 is 0 Å². The molecule has 1 fully saturated rings. The van der Waals surface area contributed by atoms with E-state index in [1.807, 2.05) is 6.20 Å². The van der Waals surface area contributed by atoms with Gasteiger partial charge in [-0.25, -0.2) is 14.4 Å². The van der Waals surface area contributed by atoms with Gasteiger partial charge in [-0.3, -0.25) is 4.90 Å². The highest BCUT2D eigenvalue weighted by Crippen LogP contribution is 2.37. The van der Waals surface area contributed by atoms with Gasteiger partial charge in [0.25, 0.3) is 0 Å². The van der Waals surface area contributed by atoms with Gasteiger partial charge in [0.1, 0.15) is 5.82 Å². The van der Waals surface area contributed by atoms with Crippen molar-refractivity contribution in [3.8, 4) is 11.1 Å². The van der Waals surface area contributed by atoms with Gasteiger partial charge in [-0.1, -0.05) is 24.6 Å². The number of benzene rings is 2. The quantitative estimate of drug-likeness (QED) is 0.501. The SMILES string of the molecule is Nc1ncc(-c2ccc(F)cc2)c([C@@H]2CCCCN2Cc2ccc3[nH]ccc3c2)n1. The van der Waals surface area contributed by atoms with Gasteiger partial charge in [0.2, 0.25) is 5.95 Å². The summed E-state index contributed by atoms with van der Waals surface area (Å²) in [6, 6.07) is 15.3. The molecule has 0 radical (unpaired) electrons. The van der Waals surface area contributed by atoms with Crippen molar-refractivity contribution in [1.82, 2.24) is 19.9 Å². The smallest absolute Gasteiger partial charge is 0.220 e. The number of nitrogen functional groups attached to an aromatic ring is 1. The lowest BCUT2D eigenvalue weighted by atomic mass is 9.93. The molecule has 3 N–H and O–H groups in total. The first-order valence-corrected chi connectivity index (χ1v) is 10.4. The number of anilines is 1. The maximum atomic E-state index is 13.5. The molecule has 1 atom stereocenters. The molecule has 5 nitrogen and oxygen atoms in total. The zero-order chi connectivity index (χ0) is 20.5. The number of nitrogens with zero attached hydrogens (tertiary/aromatic N) is 3. The molecule has 0 spiro atoms. The molecule has 30 heavy (non-hydrogen) atoms. The third-order valence-electron chi connectivity index (χ3n) is 5.92. The Bertz CT molecular complexity index is 1170. The summed E-state index contributed by atoms with van der Waals surface area (Å²) in [6.45, 7) is 1.85. The number of hydrogen-bond acceptors (Lipinski definition) is 4. The number of hydrogen-bond donors (Lipinski definition) is 2. The number of H-pyrrole nitrogens is 1. The predicted octanol–water partition coefficient (Wildman–Crippen LogP) is 5.07. The molecule has 2 aromatic carbocycles. The zero-order valence-corrected chi connectivity index (χ0v) is 16.7. The van der Waals surface area contributed by atoms with E-state index in [1.54, 1.807) is 18.3 Å². The molecule has 0 unspecified atom stereocenters. The highest BCUT2D eigenvalue weighted by atomic mass is 19.1. The Labute approximate surface area is 174 Å². The number of fused-ring (bicyclic) bond motifs is 1. The minimum atomic E-state index is -0.254. The lowest BCUT2D eigenvalue weighted by molar-refractivity contribution is 0.138. The average molecular weight is 401 g/mol. The molecule has 1 aliphatic heterocycles. The molecule has 0 saturated carbocycles. The van der Waals surface area contributed by atoms with Crippen LogP contribution in [0.25, 0.3) is 22.0 Å². The second-order valence-electron chi connectivity index (χ2n) is 7.92. The van der Waals surface area contributed by atoms with Crippen molar-refractivity contribution in [3.05, 3.63) is 78.0 Å². The Kier molecular flexibility index (Phi) is 4.93. The van der Waals surface area contributed by atoms with Crippen molar-refractivity contribution >= 4 is 16.9 Å². The van der Waals surface area contributed by atoms with E-state index < -0.39 is 0 Å². The van der Waals surface area contributed by atoms with Crippen molar-refractivity contribution in [2.45, 2.75) is 31.8 Å². The number of halogens is 1. The van der Waals surface area contributed by atoms with Crippen LogP contribution in [0.5, 0.6) is 0 Å². The normalized spacial score (nSPS) is 17.4. The summed E-state index contributed by atoms with van der Waals surface area (Å²) >= 11 is 0. The Balaban J connectivity index is 1.50. The topological polar surface area (TPSA) is 70.8 Å². The summed E-state index contributed by atoms with van der Waals surface area (Å²) < 4.78 is 13.5. The van der Waals surface area contributed by atoms with E-state index in [0.717, 1.165) is 54.7 Å². The lowest BCUT2D eigenvalue weighted by Crippen LogP contribution is -2.34. The second kappa shape index (κ2) is 7.88. The first-order chi connectivity index (χ1) is 14.7. The van der Waals surface area contributed by atoms with Gasteiger partial charge in [-0.15, -0.1) is 0 Å². The third kappa shape index (κ3) is 3.66. The van der Waals surface area contributed by atoms with Crippen LogP contribution in [0, 0.1) is 5.82 Å². The van der Waals surface area contributed by atoms with Gasteiger partial charge in [0, 0.05) is 30.0 Å². The molecule has 5 rings (SSSR count). The summed E-state index contributed by atoms with van der Waals surface area (Å²) in [6.07, 6.45) is 7.05. The summed E-state index contributed by atoms with van der Waals surface area (Å²) in [5.74, 6) is 0.0197. The van der Waals surface area contributed by atoms with E-state index in [9.17, 15) is 4.39 Å². The highest BCUT2D eigenvalue weighted by Gasteiger charge is 2.28. The van der Waals surface area contributed by atoms with Crippen LogP contribution in [0.3, 0.4) is 0 Å². The molecule has 152 valence electrons. The van der Waals surface area contributed by atoms with Crippen molar-refractivity contribution < 1.29 is 4.39 Å². The molecule has 2 aromatic heterocycles. The van der Waals surface area contributed by atoms with Crippen LogP contribution in [0.2, 0.25) is 0 Å². The monoisotopic (exact) mass is 401 g/mol. The fourth-order valence-electron chi connectivity index (χ4n) is 4.44. The molecule has 0 aliphatic carbocycles. The van der Waals surface area contributed by atoms with Crippen LogP contribution in [0.15, 0.2) is 60.9 Å². The van der Waals surface area contributed by atoms with E-state index in [1.165, 1.54) is 23.1 Å². The van der Waals surface area contributed by atoms with Crippen LogP contribution < -0.4 is 5.73 Å². The lowest BCUT2D eigenvalue weighted by Gasteiger charge is -2.36. The maximum Gasteiger partial charge on any atom is 0.220 e. The molecule has 0 bridgehead atoms. The van der Waals surface area contributed by atoms with Crippen molar-refractivity contribution in [3.63, 3.8) is 0 Å². The number of rotatable bonds is 4. The summed E-state index contributed by atoms with van der Waals surface area (Å²) in [5.41, 5.74) is 11.2. The third-order valence-corrected chi connectivity index (χ3v) is 5.92. The summed E-state index contributed by atoms with van der Waals surface area (Å²) in [5, 5.41) is 1.22. The summed E-state index contributed by atoms with van der Waals surface area (Å²) in [4.78, 5) is 14.6. The van der Waals surface area contributed by atoms with Crippen LogP contribution in [0.1, 0.15) is 36.6 Å². The van der Waals surface area contributed by atoms with E-state index in [2.05, 4.69) is 44.1 Å². The van der Waals surface area contributed by atoms with Gasteiger partial charge in [0.05, 0.1) is 11.7 Å². The number of piperidine rings is 1. The Morgan fingerprint density at radius 3 is 2.83 bits per heavy atom.